The standard InChI is InChI=1S/C16H25NS/c1-18-11-5-8-15-12-14(9-10-16(15)17)13-6-3-2-4-7-13/h2-4,6-7,14-16H,5,8-12,17H2,1H3. The Bertz CT molecular complexity index is 338. The van der Waals surface area contributed by atoms with Gasteiger partial charge < -0.3 is 5.73 Å². The second-order valence-corrected chi connectivity index (χ2v) is 6.47. The summed E-state index contributed by atoms with van der Waals surface area (Å²) in [5.74, 6) is 2.75. The summed E-state index contributed by atoms with van der Waals surface area (Å²) in [6, 6.07) is 11.4. The van der Waals surface area contributed by atoms with Crippen LogP contribution in [0.15, 0.2) is 30.3 Å². The quantitative estimate of drug-likeness (QED) is 0.811. The maximum Gasteiger partial charge on any atom is 0.00676 e. The largest absolute Gasteiger partial charge is 0.327 e. The van der Waals surface area contributed by atoms with E-state index in [2.05, 4.69) is 36.6 Å². The lowest BCUT2D eigenvalue weighted by atomic mass is 9.74. The van der Waals surface area contributed by atoms with Gasteiger partial charge in [-0.15, -0.1) is 0 Å². The van der Waals surface area contributed by atoms with Crippen molar-refractivity contribution >= 4 is 11.8 Å². The summed E-state index contributed by atoms with van der Waals surface area (Å²) in [5, 5.41) is 0. The maximum atomic E-state index is 6.29. The number of hydrogen-bond acceptors (Lipinski definition) is 2. The smallest absolute Gasteiger partial charge is 0.00676 e. The van der Waals surface area contributed by atoms with Crippen LogP contribution in [-0.4, -0.2) is 18.1 Å². The van der Waals surface area contributed by atoms with Gasteiger partial charge in [-0.25, -0.2) is 0 Å². The molecular formula is C16H25NS. The Balaban J connectivity index is 1.91. The van der Waals surface area contributed by atoms with Crippen LogP contribution >= 0.6 is 11.8 Å². The Morgan fingerprint density at radius 3 is 2.72 bits per heavy atom. The second kappa shape index (κ2) is 7.20. The first-order valence-corrected chi connectivity index (χ1v) is 8.50. The zero-order valence-corrected chi connectivity index (χ0v) is 12.2. The van der Waals surface area contributed by atoms with E-state index in [1.165, 1.54) is 43.4 Å². The minimum Gasteiger partial charge on any atom is -0.327 e. The van der Waals surface area contributed by atoms with E-state index < -0.39 is 0 Å². The predicted molar refractivity (Wildman–Crippen MR) is 82.1 cm³/mol. The lowest BCUT2D eigenvalue weighted by molar-refractivity contribution is 0.263. The van der Waals surface area contributed by atoms with Crippen molar-refractivity contribution < 1.29 is 0 Å². The van der Waals surface area contributed by atoms with E-state index in [1.807, 2.05) is 11.8 Å². The molecule has 1 saturated carbocycles. The molecule has 1 fully saturated rings. The summed E-state index contributed by atoms with van der Waals surface area (Å²) in [5.41, 5.74) is 7.81. The van der Waals surface area contributed by atoms with Crippen LogP contribution in [0.25, 0.3) is 0 Å². The lowest BCUT2D eigenvalue weighted by Crippen LogP contribution is -2.35. The third kappa shape index (κ3) is 3.76. The van der Waals surface area contributed by atoms with Crippen LogP contribution in [-0.2, 0) is 0 Å². The molecule has 1 nitrogen and oxygen atoms in total. The van der Waals surface area contributed by atoms with Crippen LogP contribution in [0.4, 0.5) is 0 Å². The molecule has 2 rings (SSSR count). The molecule has 0 spiro atoms. The van der Waals surface area contributed by atoms with Crippen molar-refractivity contribution in [2.24, 2.45) is 11.7 Å². The monoisotopic (exact) mass is 263 g/mol. The van der Waals surface area contributed by atoms with E-state index in [9.17, 15) is 0 Å². The van der Waals surface area contributed by atoms with Gasteiger partial charge in [-0.05, 0) is 61.5 Å². The van der Waals surface area contributed by atoms with Crippen molar-refractivity contribution in [2.45, 2.75) is 44.1 Å². The molecule has 0 amide bonds. The molecule has 0 aromatic heterocycles. The number of thioether (sulfide) groups is 1. The SMILES string of the molecule is CSCCCC1CC(c2ccccc2)CCC1N. The van der Waals surface area contributed by atoms with Crippen LogP contribution < -0.4 is 5.73 Å². The van der Waals surface area contributed by atoms with Crippen LogP contribution in [0.3, 0.4) is 0 Å². The predicted octanol–water partition coefficient (Wildman–Crippen LogP) is 4.04. The summed E-state index contributed by atoms with van der Waals surface area (Å²) in [7, 11) is 0. The molecule has 2 heteroatoms. The van der Waals surface area contributed by atoms with Gasteiger partial charge >= 0.3 is 0 Å². The molecule has 0 heterocycles. The molecule has 3 atom stereocenters. The van der Waals surface area contributed by atoms with Gasteiger partial charge in [-0.2, -0.15) is 11.8 Å². The summed E-state index contributed by atoms with van der Waals surface area (Å²) in [6.07, 6.45) is 8.58. The highest BCUT2D eigenvalue weighted by Gasteiger charge is 2.28. The van der Waals surface area contributed by atoms with Crippen molar-refractivity contribution in [2.75, 3.05) is 12.0 Å². The number of nitrogens with two attached hydrogens (primary N) is 1. The Hall–Kier alpha value is -0.470. The van der Waals surface area contributed by atoms with E-state index >= 15 is 0 Å². The molecule has 0 radical (unpaired) electrons. The van der Waals surface area contributed by atoms with E-state index in [4.69, 9.17) is 5.73 Å². The Kier molecular flexibility index (Phi) is 5.58. The highest BCUT2D eigenvalue weighted by atomic mass is 32.2. The molecule has 100 valence electrons. The maximum absolute atomic E-state index is 6.29. The summed E-state index contributed by atoms with van der Waals surface area (Å²) in [4.78, 5) is 0. The van der Waals surface area contributed by atoms with Gasteiger partial charge in [0.25, 0.3) is 0 Å². The number of benzene rings is 1. The highest BCUT2D eigenvalue weighted by Crippen LogP contribution is 2.37. The first-order chi connectivity index (χ1) is 8.81. The van der Waals surface area contributed by atoms with Gasteiger partial charge in [0, 0.05) is 6.04 Å². The van der Waals surface area contributed by atoms with Crippen molar-refractivity contribution in [3.05, 3.63) is 35.9 Å². The molecule has 1 aromatic rings. The van der Waals surface area contributed by atoms with Crippen LogP contribution in [0.5, 0.6) is 0 Å². The molecule has 0 aliphatic heterocycles. The summed E-state index contributed by atoms with van der Waals surface area (Å²) >= 11 is 1.95. The Morgan fingerprint density at radius 1 is 1.22 bits per heavy atom. The zero-order valence-electron chi connectivity index (χ0n) is 11.3. The van der Waals surface area contributed by atoms with Crippen molar-refractivity contribution in [3.63, 3.8) is 0 Å². The molecule has 1 aliphatic carbocycles. The fourth-order valence-electron chi connectivity index (χ4n) is 3.14. The van der Waals surface area contributed by atoms with Crippen molar-refractivity contribution in [3.8, 4) is 0 Å². The van der Waals surface area contributed by atoms with Gasteiger partial charge in [0.1, 0.15) is 0 Å². The zero-order chi connectivity index (χ0) is 12.8. The first kappa shape index (κ1) is 14.0. The van der Waals surface area contributed by atoms with Crippen LogP contribution in [0, 0.1) is 5.92 Å². The molecule has 0 bridgehead atoms. The molecule has 3 unspecified atom stereocenters. The van der Waals surface area contributed by atoms with E-state index in [-0.39, 0.29) is 0 Å². The van der Waals surface area contributed by atoms with Gasteiger partial charge in [0.05, 0.1) is 0 Å². The van der Waals surface area contributed by atoms with Crippen LogP contribution in [0.1, 0.15) is 43.6 Å². The Labute approximate surface area is 116 Å². The third-order valence-electron chi connectivity index (χ3n) is 4.24. The summed E-state index contributed by atoms with van der Waals surface area (Å²) in [6.45, 7) is 0. The van der Waals surface area contributed by atoms with Crippen molar-refractivity contribution in [1.82, 2.24) is 0 Å². The average molecular weight is 263 g/mol. The molecule has 0 saturated heterocycles. The topological polar surface area (TPSA) is 26.0 Å². The van der Waals surface area contributed by atoms with Crippen molar-refractivity contribution in [1.29, 1.82) is 0 Å². The van der Waals surface area contributed by atoms with E-state index in [1.54, 1.807) is 0 Å². The number of rotatable bonds is 5. The molecule has 1 aromatic carbocycles. The average Bonchev–Trinajstić information content (AvgIpc) is 2.42. The highest BCUT2D eigenvalue weighted by molar-refractivity contribution is 7.98. The van der Waals surface area contributed by atoms with E-state index in [0.717, 1.165) is 11.8 Å². The van der Waals surface area contributed by atoms with Gasteiger partial charge in [-0.3, -0.25) is 0 Å². The lowest BCUT2D eigenvalue weighted by Gasteiger charge is -2.34. The minimum atomic E-state index is 0.437. The minimum absolute atomic E-state index is 0.437. The Morgan fingerprint density at radius 2 is 2.00 bits per heavy atom. The van der Waals surface area contributed by atoms with E-state index in [0.29, 0.717) is 6.04 Å². The van der Waals surface area contributed by atoms with Gasteiger partial charge in [-0.1, -0.05) is 30.3 Å². The molecule has 2 N–H and O–H groups in total. The number of hydrogen-bond donors (Lipinski definition) is 1. The molecular weight excluding hydrogens is 238 g/mol. The van der Waals surface area contributed by atoms with Gasteiger partial charge in [0.15, 0.2) is 0 Å². The third-order valence-corrected chi connectivity index (χ3v) is 4.93. The summed E-state index contributed by atoms with van der Waals surface area (Å²) < 4.78 is 0. The first-order valence-electron chi connectivity index (χ1n) is 7.10. The van der Waals surface area contributed by atoms with Gasteiger partial charge in [0.2, 0.25) is 0 Å². The molecule has 1 aliphatic rings. The fraction of sp³-hybridized carbons (Fsp3) is 0.625. The fourth-order valence-corrected chi connectivity index (χ4v) is 3.59. The second-order valence-electron chi connectivity index (χ2n) is 5.48. The molecule has 18 heavy (non-hydrogen) atoms. The van der Waals surface area contributed by atoms with Crippen LogP contribution in [0.2, 0.25) is 0 Å². The normalized spacial score (nSPS) is 28.2.